The minimum Gasteiger partial charge on any atom is -0.381 e. The summed E-state index contributed by atoms with van der Waals surface area (Å²) >= 11 is 0. The standard InChI is InChI=1S/C18H20FN3O2/c19-15-5-3-13(4-6-15)10-17(23)21-11-16-7-8-20-18(22-16)14-2-1-9-24-12-14/h3-8,14H,1-2,9-12H2,(H,21,23)/t14-/m1/s1. The van der Waals surface area contributed by atoms with Gasteiger partial charge in [-0.15, -0.1) is 0 Å². The first-order chi connectivity index (χ1) is 11.7. The van der Waals surface area contributed by atoms with Crippen LogP contribution in [0.4, 0.5) is 4.39 Å². The lowest BCUT2D eigenvalue weighted by atomic mass is 10.0. The molecular weight excluding hydrogens is 309 g/mol. The number of nitrogens with zero attached hydrogens (tertiary/aromatic N) is 2. The number of benzene rings is 1. The molecule has 6 heteroatoms. The van der Waals surface area contributed by atoms with Gasteiger partial charge in [-0.3, -0.25) is 4.79 Å². The number of hydrogen-bond donors (Lipinski definition) is 1. The van der Waals surface area contributed by atoms with E-state index in [4.69, 9.17) is 4.74 Å². The van der Waals surface area contributed by atoms with E-state index in [2.05, 4.69) is 15.3 Å². The van der Waals surface area contributed by atoms with E-state index in [0.29, 0.717) is 13.2 Å². The third-order valence-electron chi connectivity index (χ3n) is 4.00. The summed E-state index contributed by atoms with van der Waals surface area (Å²) < 4.78 is 18.3. The molecule has 3 rings (SSSR count). The van der Waals surface area contributed by atoms with Gasteiger partial charge in [0.1, 0.15) is 11.6 Å². The zero-order chi connectivity index (χ0) is 16.8. The predicted octanol–water partition coefficient (Wildman–Crippen LogP) is 2.37. The van der Waals surface area contributed by atoms with Crippen molar-refractivity contribution in [2.45, 2.75) is 31.7 Å². The molecule has 1 fully saturated rings. The third-order valence-corrected chi connectivity index (χ3v) is 4.00. The highest BCUT2D eigenvalue weighted by molar-refractivity contribution is 5.78. The van der Waals surface area contributed by atoms with Gasteiger partial charge in [0.05, 0.1) is 25.3 Å². The summed E-state index contributed by atoms with van der Waals surface area (Å²) in [4.78, 5) is 20.8. The lowest BCUT2D eigenvalue weighted by Crippen LogP contribution is -2.25. The fourth-order valence-corrected chi connectivity index (χ4v) is 2.69. The molecule has 2 aromatic rings. The van der Waals surface area contributed by atoms with E-state index >= 15 is 0 Å². The average molecular weight is 329 g/mol. The number of nitrogens with one attached hydrogen (secondary N) is 1. The first kappa shape index (κ1) is 16.5. The van der Waals surface area contributed by atoms with Gasteiger partial charge in [-0.05, 0) is 36.6 Å². The van der Waals surface area contributed by atoms with Gasteiger partial charge >= 0.3 is 0 Å². The Bertz CT molecular complexity index is 685. The molecule has 1 aromatic carbocycles. The van der Waals surface area contributed by atoms with Crippen LogP contribution in [0, 0.1) is 5.82 Å². The van der Waals surface area contributed by atoms with Crippen LogP contribution in [0.15, 0.2) is 36.5 Å². The van der Waals surface area contributed by atoms with Crippen LogP contribution in [0.1, 0.15) is 35.8 Å². The van der Waals surface area contributed by atoms with Crippen molar-refractivity contribution in [3.05, 3.63) is 59.4 Å². The van der Waals surface area contributed by atoms with E-state index in [1.807, 2.05) is 0 Å². The van der Waals surface area contributed by atoms with Gasteiger partial charge in [0.15, 0.2) is 0 Å². The first-order valence-electron chi connectivity index (χ1n) is 8.11. The van der Waals surface area contributed by atoms with Gasteiger partial charge in [0.25, 0.3) is 0 Å². The van der Waals surface area contributed by atoms with E-state index in [0.717, 1.165) is 36.5 Å². The molecule has 5 nitrogen and oxygen atoms in total. The minimum atomic E-state index is -0.306. The number of carbonyl (C=O) groups is 1. The van der Waals surface area contributed by atoms with Crippen LogP contribution in [0.25, 0.3) is 0 Å². The Morgan fingerprint density at radius 3 is 2.88 bits per heavy atom. The lowest BCUT2D eigenvalue weighted by molar-refractivity contribution is -0.120. The topological polar surface area (TPSA) is 64.1 Å². The van der Waals surface area contributed by atoms with Gasteiger partial charge in [-0.2, -0.15) is 0 Å². The van der Waals surface area contributed by atoms with Crippen LogP contribution in [-0.4, -0.2) is 29.1 Å². The van der Waals surface area contributed by atoms with Gasteiger partial charge in [0, 0.05) is 18.7 Å². The van der Waals surface area contributed by atoms with E-state index in [1.54, 1.807) is 24.4 Å². The maximum absolute atomic E-state index is 12.9. The highest BCUT2D eigenvalue weighted by Crippen LogP contribution is 2.22. The second-order valence-corrected chi connectivity index (χ2v) is 5.90. The maximum Gasteiger partial charge on any atom is 0.224 e. The molecule has 0 aliphatic carbocycles. The molecule has 0 radical (unpaired) electrons. The summed E-state index contributed by atoms with van der Waals surface area (Å²) in [7, 11) is 0. The number of hydrogen-bond acceptors (Lipinski definition) is 4. The Morgan fingerprint density at radius 1 is 1.29 bits per heavy atom. The van der Waals surface area contributed by atoms with Gasteiger partial charge < -0.3 is 10.1 Å². The Morgan fingerprint density at radius 2 is 2.12 bits per heavy atom. The van der Waals surface area contributed by atoms with Crippen molar-refractivity contribution >= 4 is 5.91 Å². The minimum absolute atomic E-state index is 0.122. The van der Waals surface area contributed by atoms with Crippen LogP contribution >= 0.6 is 0 Å². The molecule has 1 amide bonds. The lowest BCUT2D eigenvalue weighted by Gasteiger charge is -2.20. The second-order valence-electron chi connectivity index (χ2n) is 5.90. The fraction of sp³-hybridized carbons (Fsp3) is 0.389. The largest absolute Gasteiger partial charge is 0.381 e. The van der Waals surface area contributed by atoms with Crippen molar-refractivity contribution in [2.75, 3.05) is 13.2 Å². The zero-order valence-electron chi connectivity index (χ0n) is 13.4. The molecule has 1 atom stereocenters. The number of ether oxygens (including phenoxy) is 1. The number of halogens is 1. The summed E-state index contributed by atoms with van der Waals surface area (Å²) in [5.74, 6) is 0.579. The summed E-state index contributed by atoms with van der Waals surface area (Å²) in [6.07, 6.45) is 3.99. The smallest absolute Gasteiger partial charge is 0.224 e. The van der Waals surface area contributed by atoms with Crippen LogP contribution in [0.5, 0.6) is 0 Å². The monoisotopic (exact) mass is 329 g/mol. The van der Waals surface area contributed by atoms with E-state index < -0.39 is 0 Å². The molecule has 2 heterocycles. The quantitative estimate of drug-likeness (QED) is 0.915. The van der Waals surface area contributed by atoms with Crippen LogP contribution in [0.3, 0.4) is 0 Å². The summed E-state index contributed by atoms with van der Waals surface area (Å²) in [5.41, 5.74) is 1.55. The normalized spacial score (nSPS) is 17.5. The second kappa shape index (κ2) is 7.97. The number of aromatic nitrogens is 2. The molecule has 1 aliphatic heterocycles. The molecule has 0 saturated carbocycles. The third kappa shape index (κ3) is 4.58. The van der Waals surface area contributed by atoms with Crippen LogP contribution < -0.4 is 5.32 Å². The van der Waals surface area contributed by atoms with Gasteiger partial charge in [-0.1, -0.05) is 12.1 Å². The SMILES string of the molecule is O=C(Cc1ccc(F)cc1)NCc1ccnc([C@@H]2CCCOC2)n1. The number of rotatable bonds is 5. The highest BCUT2D eigenvalue weighted by Gasteiger charge is 2.18. The fourth-order valence-electron chi connectivity index (χ4n) is 2.69. The zero-order valence-corrected chi connectivity index (χ0v) is 13.4. The highest BCUT2D eigenvalue weighted by atomic mass is 19.1. The van der Waals surface area contributed by atoms with Crippen molar-refractivity contribution in [1.82, 2.24) is 15.3 Å². The summed E-state index contributed by atoms with van der Waals surface area (Å²) in [6, 6.07) is 7.73. The van der Waals surface area contributed by atoms with Crippen molar-refractivity contribution in [2.24, 2.45) is 0 Å². The Balaban J connectivity index is 1.54. The van der Waals surface area contributed by atoms with Crippen molar-refractivity contribution in [3.8, 4) is 0 Å². The molecule has 1 saturated heterocycles. The molecule has 1 aliphatic rings. The number of carbonyl (C=O) groups excluding carboxylic acids is 1. The van der Waals surface area contributed by atoms with Crippen molar-refractivity contribution in [1.29, 1.82) is 0 Å². The van der Waals surface area contributed by atoms with Crippen molar-refractivity contribution in [3.63, 3.8) is 0 Å². The van der Waals surface area contributed by atoms with E-state index in [1.165, 1.54) is 12.1 Å². The molecule has 0 bridgehead atoms. The Labute approximate surface area is 140 Å². The van der Waals surface area contributed by atoms with E-state index in [-0.39, 0.29) is 24.1 Å². The van der Waals surface area contributed by atoms with Crippen molar-refractivity contribution < 1.29 is 13.9 Å². The van der Waals surface area contributed by atoms with Crippen LogP contribution in [-0.2, 0) is 22.5 Å². The molecule has 24 heavy (non-hydrogen) atoms. The molecule has 0 unspecified atom stereocenters. The summed E-state index contributed by atoms with van der Waals surface area (Å²) in [5, 5.41) is 2.84. The average Bonchev–Trinajstić information content (AvgIpc) is 2.63. The van der Waals surface area contributed by atoms with Crippen LogP contribution in [0.2, 0.25) is 0 Å². The molecule has 1 N–H and O–H groups in total. The van der Waals surface area contributed by atoms with Gasteiger partial charge in [-0.25, -0.2) is 14.4 Å². The maximum atomic E-state index is 12.9. The molecular formula is C18H20FN3O2. The number of amides is 1. The molecule has 1 aromatic heterocycles. The molecule has 0 spiro atoms. The first-order valence-corrected chi connectivity index (χ1v) is 8.11. The Hall–Kier alpha value is -2.34. The Kier molecular flexibility index (Phi) is 5.48. The summed E-state index contributed by atoms with van der Waals surface area (Å²) in [6.45, 7) is 1.80. The van der Waals surface area contributed by atoms with E-state index in [9.17, 15) is 9.18 Å². The van der Waals surface area contributed by atoms with Gasteiger partial charge in [0.2, 0.25) is 5.91 Å². The predicted molar refractivity (Wildman–Crippen MR) is 86.8 cm³/mol. The molecule has 126 valence electrons.